The van der Waals surface area contributed by atoms with Gasteiger partial charge < -0.3 is 58.5 Å². The van der Waals surface area contributed by atoms with Crippen LogP contribution in [-0.2, 0) is 47.5 Å². The van der Waals surface area contributed by atoms with E-state index in [0.717, 1.165) is 37.0 Å². The Labute approximate surface area is 358 Å². The third kappa shape index (κ3) is 7.80. The SMILES string of the molecule is C=C1C[C@@H]2CC[C@@]3(O)C[C@@H](O)[C@@H]4C[C@@H]5[C@H]4O[C@H]4CC[C@@H]6CC(=O)C[C@@H]7[C@@H](OC)[C@@H](C[C@@H](CNC(=O)C8(O)CCC8)OC)O[C@H]7C[C@H]7O[C@@H](CC[C@@H]1O2)C[C@@H](C)/C7=N/[C@@]4(O6)[C@@H]5O3. The van der Waals surface area contributed by atoms with Gasteiger partial charge in [0, 0.05) is 82.8 Å². The molecule has 12 bridgehead atoms. The number of ether oxygens (including phenoxy) is 8. The van der Waals surface area contributed by atoms with E-state index in [0.29, 0.717) is 57.8 Å². The van der Waals surface area contributed by atoms with Crippen molar-refractivity contribution in [2.24, 2.45) is 28.7 Å². The van der Waals surface area contributed by atoms with Crippen LogP contribution in [0.3, 0.4) is 0 Å². The second kappa shape index (κ2) is 16.5. The average Bonchev–Trinajstić information content (AvgIpc) is 3.72. The normalized spacial score (nSPS) is 50.2. The van der Waals surface area contributed by atoms with Gasteiger partial charge in [-0.05, 0) is 82.1 Å². The van der Waals surface area contributed by atoms with E-state index in [2.05, 4.69) is 18.8 Å². The number of rotatable bonds is 7. The predicted molar refractivity (Wildman–Crippen MR) is 217 cm³/mol. The largest absolute Gasteiger partial charge is 0.393 e. The summed E-state index contributed by atoms with van der Waals surface area (Å²) in [4.78, 5) is 32.9. The number of Topliss-reactive ketones (excluding diaryl/α,β-unsaturated/α-hetero) is 1. The van der Waals surface area contributed by atoms with Crippen LogP contribution >= 0.6 is 0 Å². The number of hydrogen-bond donors (Lipinski definition) is 4. The fourth-order valence-corrected chi connectivity index (χ4v) is 13.1. The van der Waals surface area contributed by atoms with E-state index in [1.165, 1.54) is 0 Å². The number of nitrogens with one attached hydrogen (secondary N) is 1. The Balaban J connectivity index is 1.01. The molecule has 10 heterocycles. The summed E-state index contributed by atoms with van der Waals surface area (Å²) in [5, 5.41) is 37.5. The summed E-state index contributed by atoms with van der Waals surface area (Å²) in [6.45, 7) is 6.80. The summed E-state index contributed by atoms with van der Waals surface area (Å²) in [6.07, 6.45) is 3.35. The Morgan fingerprint density at radius 1 is 0.902 bits per heavy atom. The lowest BCUT2D eigenvalue weighted by Gasteiger charge is -2.64. The van der Waals surface area contributed by atoms with Gasteiger partial charge in [0.2, 0.25) is 5.72 Å². The minimum Gasteiger partial charge on any atom is -0.393 e. The molecule has 61 heavy (non-hydrogen) atoms. The Hall–Kier alpha value is -1.89. The predicted octanol–water partition coefficient (Wildman–Crippen LogP) is 3.21. The van der Waals surface area contributed by atoms with Crippen LogP contribution in [0.15, 0.2) is 17.1 Å². The molecule has 12 rings (SSSR count). The van der Waals surface area contributed by atoms with E-state index in [4.69, 9.17) is 42.9 Å². The maximum absolute atomic E-state index is 14.4. The number of amides is 1. The number of nitrogens with zero attached hydrogens (tertiary/aromatic N) is 1. The van der Waals surface area contributed by atoms with Gasteiger partial charge in [0.25, 0.3) is 5.91 Å². The van der Waals surface area contributed by atoms with Crippen LogP contribution in [0.2, 0.25) is 0 Å². The zero-order valence-corrected chi connectivity index (χ0v) is 36.1. The zero-order chi connectivity index (χ0) is 42.4. The van der Waals surface area contributed by atoms with E-state index >= 15 is 0 Å². The summed E-state index contributed by atoms with van der Waals surface area (Å²) in [5.41, 5.74) is -0.769. The second-order valence-corrected chi connectivity index (χ2v) is 20.6. The van der Waals surface area contributed by atoms with Crippen LogP contribution in [0, 0.1) is 23.7 Å². The first-order valence-electron chi connectivity index (χ1n) is 23.5. The summed E-state index contributed by atoms with van der Waals surface area (Å²) < 4.78 is 54.1. The molecule has 1 spiro atoms. The first kappa shape index (κ1) is 43.0. The standard InChI is InChI=1S/C46H68N2O13/c1-23-14-27-10-13-45(53)21-33(50)30-19-32-40(30)59-38-9-7-28-16-25(49)17-31-35(58-37(41(31)55-4)18-29(54-3)22-47-43(51)44(52)11-5-12-44)20-36-39(48-46(38,60-28)42(32)61-45)24(2)15-26(57-36)6-8-34(23)56-27/h24,26-38,40-42,50,52-53H,1,5-22H2,2-4H3,(H,47,51)/b48-39-/t24-,26+,27+,28-,29+,30+,31+,32-,33-,34+,35+,36-,37-,38+,40+,41-,42-,45+,46+/m1/s1. The number of ketones is 1. The molecule has 340 valence electrons. The van der Waals surface area contributed by atoms with Crippen molar-refractivity contribution in [3.63, 3.8) is 0 Å². The molecule has 15 heteroatoms. The van der Waals surface area contributed by atoms with Crippen LogP contribution in [0.4, 0.5) is 0 Å². The molecule has 2 aliphatic carbocycles. The highest BCUT2D eigenvalue weighted by Gasteiger charge is 2.69. The van der Waals surface area contributed by atoms with Crippen molar-refractivity contribution < 1.29 is 62.8 Å². The Kier molecular flexibility index (Phi) is 11.7. The molecular weight excluding hydrogens is 789 g/mol. The molecule has 19 atom stereocenters. The lowest BCUT2D eigenvalue weighted by Crippen LogP contribution is -2.75. The minimum atomic E-state index is -1.66. The van der Waals surface area contributed by atoms with Crippen LogP contribution in [-0.4, -0.2) is 150 Å². The monoisotopic (exact) mass is 856 g/mol. The molecule has 10 aliphatic heterocycles. The molecule has 1 amide bonds. The molecule has 0 aromatic carbocycles. The second-order valence-electron chi connectivity index (χ2n) is 20.6. The van der Waals surface area contributed by atoms with Crippen molar-refractivity contribution in [1.82, 2.24) is 5.32 Å². The van der Waals surface area contributed by atoms with E-state index < -0.39 is 72.0 Å². The molecule has 0 aromatic heterocycles. The molecule has 4 N–H and O–H groups in total. The molecule has 0 radical (unpaired) electrons. The van der Waals surface area contributed by atoms with Crippen LogP contribution < -0.4 is 5.32 Å². The summed E-state index contributed by atoms with van der Waals surface area (Å²) in [5.74, 6) is -2.61. The number of aliphatic hydroxyl groups is 3. The van der Waals surface area contributed by atoms with Gasteiger partial charge in [-0.15, -0.1) is 0 Å². The van der Waals surface area contributed by atoms with E-state index in [-0.39, 0.29) is 92.0 Å². The molecule has 7 saturated heterocycles. The molecule has 0 aromatic rings. The van der Waals surface area contributed by atoms with Gasteiger partial charge >= 0.3 is 0 Å². The topological polar surface area (TPSA) is 193 Å². The van der Waals surface area contributed by atoms with Crippen molar-refractivity contribution >= 4 is 17.4 Å². The van der Waals surface area contributed by atoms with Crippen molar-refractivity contribution in [2.45, 2.75) is 213 Å². The van der Waals surface area contributed by atoms with E-state index in [9.17, 15) is 24.9 Å². The molecule has 12 aliphatic rings. The van der Waals surface area contributed by atoms with Gasteiger partial charge in [-0.1, -0.05) is 13.5 Å². The molecule has 15 nitrogen and oxygen atoms in total. The van der Waals surface area contributed by atoms with Crippen LogP contribution in [0.25, 0.3) is 0 Å². The van der Waals surface area contributed by atoms with E-state index in [1.807, 2.05) is 0 Å². The fraction of sp³-hybridized carbons (Fsp3) is 0.891. The number of carbonyl (C=O) groups excluding carboxylic acids is 2. The summed E-state index contributed by atoms with van der Waals surface area (Å²) >= 11 is 0. The Morgan fingerprint density at radius 3 is 2.48 bits per heavy atom. The lowest BCUT2D eigenvalue weighted by atomic mass is 9.60. The first-order valence-corrected chi connectivity index (χ1v) is 23.5. The summed E-state index contributed by atoms with van der Waals surface area (Å²) in [7, 11) is 3.26. The molecule has 9 fully saturated rings. The summed E-state index contributed by atoms with van der Waals surface area (Å²) in [6, 6.07) is 0. The first-order chi connectivity index (χ1) is 29.3. The smallest absolute Gasteiger partial charge is 0.252 e. The molecule has 2 saturated carbocycles. The van der Waals surface area contributed by atoms with Crippen molar-refractivity contribution in [3.8, 4) is 0 Å². The van der Waals surface area contributed by atoms with Crippen molar-refractivity contribution in [3.05, 3.63) is 12.2 Å². The molecule has 0 unspecified atom stereocenters. The Bertz CT molecular complexity index is 1720. The third-order valence-corrected chi connectivity index (χ3v) is 16.6. The highest BCUT2D eigenvalue weighted by Crippen LogP contribution is 2.58. The number of aliphatic hydroxyl groups excluding tert-OH is 1. The minimum absolute atomic E-state index is 0.0114. The highest BCUT2D eigenvalue weighted by molar-refractivity contribution is 5.92. The van der Waals surface area contributed by atoms with Crippen molar-refractivity contribution in [1.29, 1.82) is 0 Å². The number of aliphatic imine (C=N–C) groups is 1. The Morgan fingerprint density at radius 2 is 1.70 bits per heavy atom. The van der Waals surface area contributed by atoms with Gasteiger partial charge in [-0.25, -0.2) is 0 Å². The average molecular weight is 857 g/mol. The number of methoxy groups -OCH3 is 2. The van der Waals surface area contributed by atoms with Gasteiger partial charge in [0.1, 0.15) is 23.6 Å². The number of fused-ring (bicyclic) bond motifs is 6. The van der Waals surface area contributed by atoms with Crippen LogP contribution in [0.5, 0.6) is 0 Å². The van der Waals surface area contributed by atoms with Gasteiger partial charge in [0.05, 0.1) is 67.1 Å². The zero-order valence-electron chi connectivity index (χ0n) is 36.1. The lowest BCUT2D eigenvalue weighted by molar-refractivity contribution is -0.396. The van der Waals surface area contributed by atoms with Gasteiger partial charge in [-0.2, -0.15) is 0 Å². The quantitative estimate of drug-likeness (QED) is 0.273. The van der Waals surface area contributed by atoms with Gasteiger partial charge in [-0.3, -0.25) is 14.6 Å². The number of hydrogen-bond acceptors (Lipinski definition) is 14. The van der Waals surface area contributed by atoms with E-state index in [1.54, 1.807) is 14.2 Å². The van der Waals surface area contributed by atoms with Crippen LogP contribution in [0.1, 0.15) is 116 Å². The van der Waals surface area contributed by atoms with Crippen molar-refractivity contribution in [2.75, 3.05) is 20.8 Å². The molecular formula is C46H68N2O13. The third-order valence-electron chi connectivity index (χ3n) is 16.6. The maximum atomic E-state index is 14.4. The highest BCUT2D eigenvalue weighted by atomic mass is 16.7. The fourth-order valence-electron chi connectivity index (χ4n) is 13.1. The number of carbonyl (C=O) groups is 2. The van der Waals surface area contributed by atoms with Gasteiger partial charge in [0.15, 0.2) is 5.79 Å². The maximum Gasteiger partial charge on any atom is 0.252 e.